The molecule has 0 bridgehead atoms. The van der Waals surface area contributed by atoms with E-state index >= 15 is 0 Å². The van der Waals surface area contributed by atoms with E-state index in [9.17, 15) is 13.2 Å². The number of carbonyl (C=O) groups excluding carboxylic acids is 1. The smallest absolute Gasteiger partial charge is 0.280 e. The van der Waals surface area contributed by atoms with E-state index in [1.807, 2.05) is 14.0 Å². The van der Waals surface area contributed by atoms with Crippen LogP contribution >= 0.6 is 0 Å². The van der Waals surface area contributed by atoms with Gasteiger partial charge in [-0.2, -0.15) is 22.5 Å². The van der Waals surface area contributed by atoms with E-state index in [1.54, 1.807) is 10.9 Å². The van der Waals surface area contributed by atoms with Crippen LogP contribution in [0.25, 0.3) is 0 Å². The number of carbonyl (C=O) groups is 1. The highest BCUT2D eigenvalue weighted by Crippen LogP contribution is 2.29. The van der Waals surface area contributed by atoms with Crippen LogP contribution in [0.2, 0.25) is 0 Å². The van der Waals surface area contributed by atoms with E-state index in [4.69, 9.17) is 0 Å². The Kier molecular flexibility index (Phi) is 5.17. The molecule has 1 aliphatic carbocycles. The minimum absolute atomic E-state index is 0.158. The predicted octanol–water partition coefficient (Wildman–Crippen LogP) is 0.757. The molecule has 8 nitrogen and oxygen atoms in total. The molecule has 2 atom stereocenters. The zero-order chi connectivity index (χ0) is 18.2. The summed E-state index contributed by atoms with van der Waals surface area (Å²) in [5, 5.41) is 7.24. The second-order valence-electron chi connectivity index (χ2n) is 7.10. The maximum atomic E-state index is 12.8. The van der Waals surface area contributed by atoms with E-state index in [0.29, 0.717) is 6.42 Å². The zero-order valence-electron chi connectivity index (χ0n) is 15.0. The molecule has 3 rings (SSSR count). The first kappa shape index (κ1) is 18.3. The molecule has 0 radical (unpaired) electrons. The number of aromatic nitrogens is 2. The molecule has 25 heavy (non-hydrogen) atoms. The van der Waals surface area contributed by atoms with Gasteiger partial charge in [-0.25, -0.2) is 0 Å². The first-order chi connectivity index (χ1) is 11.8. The Labute approximate surface area is 149 Å². The first-order valence-corrected chi connectivity index (χ1v) is 10.3. The third kappa shape index (κ3) is 3.73. The largest absolute Gasteiger partial charge is 0.352 e. The summed E-state index contributed by atoms with van der Waals surface area (Å²) in [6.07, 6.45) is 7.43. The topological polar surface area (TPSA) is 96.3 Å². The number of nitrogens with one attached hydrogen (secondary N) is 2. The summed E-state index contributed by atoms with van der Waals surface area (Å²) in [5.41, 5.74) is 1.71. The van der Waals surface area contributed by atoms with Crippen molar-refractivity contribution in [2.24, 2.45) is 7.05 Å². The van der Waals surface area contributed by atoms with Gasteiger partial charge in [-0.3, -0.25) is 9.48 Å². The highest BCUT2D eigenvalue weighted by atomic mass is 32.2. The predicted molar refractivity (Wildman–Crippen MR) is 93.9 cm³/mol. The van der Waals surface area contributed by atoms with Gasteiger partial charge in [0.25, 0.3) is 10.2 Å². The van der Waals surface area contributed by atoms with Gasteiger partial charge in [0.05, 0.1) is 12.2 Å². The van der Waals surface area contributed by atoms with Crippen LogP contribution in [-0.2, 0) is 22.1 Å². The summed E-state index contributed by atoms with van der Waals surface area (Å²) in [6, 6.07) is -0.999. The molecule has 1 aliphatic heterocycles. The van der Waals surface area contributed by atoms with Gasteiger partial charge < -0.3 is 5.32 Å². The van der Waals surface area contributed by atoms with Crippen molar-refractivity contribution in [2.75, 3.05) is 7.05 Å². The van der Waals surface area contributed by atoms with Gasteiger partial charge in [0.2, 0.25) is 5.91 Å². The van der Waals surface area contributed by atoms with Crippen LogP contribution in [0, 0.1) is 6.92 Å². The van der Waals surface area contributed by atoms with Crippen LogP contribution in [0.4, 0.5) is 0 Å². The molecule has 2 fully saturated rings. The Bertz CT molecular complexity index is 739. The fraction of sp³-hybridized carbons (Fsp3) is 0.750. The summed E-state index contributed by atoms with van der Waals surface area (Å²) in [4.78, 5) is 12.8. The molecule has 1 saturated carbocycles. The molecule has 140 valence electrons. The van der Waals surface area contributed by atoms with Crippen LogP contribution < -0.4 is 10.0 Å². The van der Waals surface area contributed by atoms with Crippen molar-refractivity contribution in [3.63, 3.8) is 0 Å². The minimum atomic E-state index is -3.72. The molecule has 9 heteroatoms. The molecule has 1 amide bonds. The molecule has 2 N–H and O–H groups in total. The number of hydrogen-bond acceptors (Lipinski definition) is 4. The summed E-state index contributed by atoms with van der Waals surface area (Å²) >= 11 is 0. The summed E-state index contributed by atoms with van der Waals surface area (Å²) in [5.74, 6) is -0.203. The molecule has 1 saturated heterocycles. The molecule has 1 aromatic heterocycles. The Balaban J connectivity index is 1.79. The molecule has 1 aromatic rings. The number of nitrogens with zero attached hydrogens (tertiary/aromatic N) is 3. The highest BCUT2D eigenvalue weighted by molar-refractivity contribution is 7.87. The van der Waals surface area contributed by atoms with Crippen molar-refractivity contribution in [3.05, 3.63) is 17.5 Å². The van der Waals surface area contributed by atoms with E-state index in [1.165, 1.54) is 13.5 Å². The molecule has 0 spiro atoms. The molecular formula is C16H27N5O3S. The van der Waals surface area contributed by atoms with Gasteiger partial charge >= 0.3 is 0 Å². The maximum Gasteiger partial charge on any atom is 0.280 e. The van der Waals surface area contributed by atoms with Gasteiger partial charge in [-0.1, -0.05) is 19.3 Å². The quantitative estimate of drug-likeness (QED) is 0.822. The lowest BCUT2D eigenvalue weighted by Gasteiger charge is -2.37. The lowest BCUT2D eigenvalue weighted by Crippen LogP contribution is -2.58. The lowest BCUT2D eigenvalue weighted by atomic mass is 9.94. The summed E-state index contributed by atoms with van der Waals surface area (Å²) in [6.45, 7) is 1.89. The fourth-order valence-corrected chi connectivity index (χ4v) is 4.98. The van der Waals surface area contributed by atoms with Crippen LogP contribution in [-0.4, -0.2) is 47.5 Å². The van der Waals surface area contributed by atoms with Crippen molar-refractivity contribution in [3.8, 4) is 0 Å². The van der Waals surface area contributed by atoms with Gasteiger partial charge in [-0.05, 0) is 26.2 Å². The molecule has 0 aromatic carbocycles. The average molecular weight is 369 g/mol. The average Bonchev–Trinajstić information content (AvgIpc) is 2.90. The number of hydrogen-bond donors (Lipinski definition) is 2. The molecule has 2 aliphatic rings. The normalized spacial score (nSPS) is 28.0. The Morgan fingerprint density at radius 1 is 1.28 bits per heavy atom. The minimum Gasteiger partial charge on any atom is -0.352 e. The second kappa shape index (κ2) is 7.05. The van der Waals surface area contributed by atoms with Crippen molar-refractivity contribution in [1.29, 1.82) is 0 Å². The standard InChI is InChI=1S/C16H27N5O3S/c1-11-13(10-17-20(11)2)14-9-15(21(3)25(23,24)19-14)16(22)18-12-7-5-4-6-8-12/h10,12,14-15,19H,4-9H2,1-3H3,(H,18,22)/t14-,15+/m1/s1. The van der Waals surface area contributed by atoms with Gasteiger partial charge in [-0.15, -0.1) is 0 Å². The second-order valence-corrected chi connectivity index (χ2v) is 8.86. The SMILES string of the molecule is Cc1c([C@H]2C[C@@H](C(=O)NC3CCCCC3)N(C)S(=O)(=O)N2)cnn1C. The highest BCUT2D eigenvalue weighted by Gasteiger charge is 2.41. The third-order valence-corrected chi connectivity index (χ3v) is 7.07. The number of rotatable bonds is 3. The monoisotopic (exact) mass is 369 g/mol. The zero-order valence-corrected chi connectivity index (χ0v) is 15.8. The molecular weight excluding hydrogens is 342 g/mol. The van der Waals surface area contributed by atoms with Crippen molar-refractivity contribution in [2.45, 2.75) is 63.6 Å². The lowest BCUT2D eigenvalue weighted by molar-refractivity contribution is -0.126. The Morgan fingerprint density at radius 2 is 1.96 bits per heavy atom. The van der Waals surface area contributed by atoms with Crippen LogP contribution in [0.15, 0.2) is 6.20 Å². The summed E-state index contributed by atoms with van der Waals surface area (Å²) in [7, 11) is -0.443. The first-order valence-electron chi connectivity index (χ1n) is 8.83. The molecule has 2 heterocycles. The van der Waals surface area contributed by atoms with E-state index in [2.05, 4.69) is 15.1 Å². The maximum absolute atomic E-state index is 12.8. The number of amides is 1. The van der Waals surface area contributed by atoms with Crippen LogP contribution in [0.1, 0.15) is 55.8 Å². The van der Waals surface area contributed by atoms with Gasteiger partial charge in [0.1, 0.15) is 6.04 Å². The number of aryl methyl sites for hydroxylation is 1. The Morgan fingerprint density at radius 3 is 2.56 bits per heavy atom. The van der Waals surface area contributed by atoms with Crippen molar-refractivity contribution in [1.82, 2.24) is 24.1 Å². The van der Waals surface area contributed by atoms with Gasteiger partial charge in [0, 0.05) is 31.4 Å². The van der Waals surface area contributed by atoms with E-state index < -0.39 is 22.3 Å². The fourth-order valence-electron chi connectivity index (χ4n) is 3.71. The van der Waals surface area contributed by atoms with Crippen molar-refractivity contribution < 1.29 is 13.2 Å². The number of likely N-dealkylation sites (N-methyl/N-ethyl adjacent to an activating group) is 1. The summed E-state index contributed by atoms with van der Waals surface area (Å²) < 4.78 is 30.5. The van der Waals surface area contributed by atoms with Crippen LogP contribution in [0.3, 0.4) is 0 Å². The third-order valence-electron chi connectivity index (χ3n) is 5.47. The Hall–Kier alpha value is -1.45. The van der Waals surface area contributed by atoms with Gasteiger partial charge in [0.15, 0.2) is 0 Å². The van der Waals surface area contributed by atoms with E-state index in [-0.39, 0.29) is 11.9 Å². The van der Waals surface area contributed by atoms with Crippen molar-refractivity contribution >= 4 is 16.1 Å². The van der Waals surface area contributed by atoms with Crippen LogP contribution in [0.5, 0.6) is 0 Å². The van der Waals surface area contributed by atoms with E-state index in [0.717, 1.165) is 41.2 Å². The molecule has 0 unspecified atom stereocenters.